The second-order valence-electron chi connectivity index (χ2n) is 5.86. The molecule has 0 spiro atoms. The van der Waals surface area contributed by atoms with Gasteiger partial charge in [-0.1, -0.05) is 49.1 Å². The minimum absolute atomic E-state index is 0.755. The molecule has 0 bridgehead atoms. The van der Waals surface area contributed by atoms with Gasteiger partial charge in [0.1, 0.15) is 0 Å². The van der Waals surface area contributed by atoms with E-state index >= 15 is 0 Å². The van der Waals surface area contributed by atoms with Crippen molar-refractivity contribution in [1.29, 1.82) is 0 Å². The second kappa shape index (κ2) is 7.10. The number of hydrogen-bond acceptors (Lipinski definition) is 2. The van der Waals surface area contributed by atoms with Crippen LogP contribution in [0, 0.1) is 0 Å². The van der Waals surface area contributed by atoms with Crippen molar-refractivity contribution in [3.05, 3.63) is 89.2 Å². The summed E-state index contributed by atoms with van der Waals surface area (Å²) in [4.78, 5) is 4.82. The Balaban J connectivity index is 2.00. The number of benzene rings is 1. The number of aliphatic imine (C=N–C) groups is 1. The van der Waals surface area contributed by atoms with Crippen LogP contribution in [0.3, 0.4) is 0 Å². The molecule has 0 saturated heterocycles. The van der Waals surface area contributed by atoms with E-state index in [4.69, 9.17) is 10.7 Å². The monoisotopic (exact) mass is 302 g/mol. The number of nitrogens with two attached hydrogens (primary N) is 1. The van der Waals surface area contributed by atoms with Gasteiger partial charge >= 0.3 is 0 Å². The largest absolute Gasteiger partial charge is 0.399 e. The lowest BCUT2D eigenvalue weighted by molar-refractivity contribution is 0.942. The van der Waals surface area contributed by atoms with Crippen LogP contribution in [0.15, 0.2) is 88.6 Å². The van der Waals surface area contributed by atoms with Crippen molar-refractivity contribution in [1.82, 2.24) is 0 Å². The molecule has 2 N–H and O–H groups in total. The quantitative estimate of drug-likeness (QED) is 0.610. The Morgan fingerprint density at radius 3 is 2.74 bits per heavy atom. The zero-order valence-corrected chi connectivity index (χ0v) is 13.3. The van der Waals surface area contributed by atoms with Crippen LogP contribution in [0.4, 0.5) is 5.69 Å². The molecule has 2 nitrogen and oxygen atoms in total. The molecular formula is C21H22N2. The Morgan fingerprint density at radius 1 is 1.13 bits per heavy atom. The fraction of sp³-hybridized carbons (Fsp3) is 0.190. The van der Waals surface area contributed by atoms with Crippen molar-refractivity contribution in [2.45, 2.75) is 25.7 Å². The van der Waals surface area contributed by atoms with Crippen LogP contribution in [0.5, 0.6) is 0 Å². The Hall–Kier alpha value is -2.61. The van der Waals surface area contributed by atoms with Gasteiger partial charge in [0.2, 0.25) is 0 Å². The number of nitrogens with zero attached hydrogens (tertiary/aromatic N) is 1. The van der Waals surface area contributed by atoms with Gasteiger partial charge in [0.25, 0.3) is 0 Å². The van der Waals surface area contributed by atoms with Crippen LogP contribution >= 0.6 is 0 Å². The zero-order valence-electron chi connectivity index (χ0n) is 13.3. The van der Waals surface area contributed by atoms with E-state index in [2.05, 4.69) is 37.0 Å². The predicted molar refractivity (Wildman–Crippen MR) is 99.4 cm³/mol. The van der Waals surface area contributed by atoms with E-state index in [-0.39, 0.29) is 0 Å². The lowest BCUT2D eigenvalue weighted by atomic mass is 9.91. The Morgan fingerprint density at radius 2 is 2.00 bits per heavy atom. The van der Waals surface area contributed by atoms with Gasteiger partial charge < -0.3 is 5.73 Å². The fourth-order valence-corrected chi connectivity index (χ4v) is 2.88. The van der Waals surface area contributed by atoms with Crippen molar-refractivity contribution in [2.24, 2.45) is 4.99 Å². The Kier molecular flexibility index (Phi) is 4.72. The van der Waals surface area contributed by atoms with Gasteiger partial charge in [-0.15, -0.1) is 0 Å². The van der Waals surface area contributed by atoms with Gasteiger partial charge in [-0.3, -0.25) is 4.99 Å². The highest BCUT2D eigenvalue weighted by Gasteiger charge is 2.14. The Labute approximate surface area is 138 Å². The van der Waals surface area contributed by atoms with Crippen molar-refractivity contribution < 1.29 is 0 Å². The molecule has 2 aliphatic rings. The summed E-state index contributed by atoms with van der Waals surface area (Å²) in [5.74, 6) is 0. The highest BCUT2D eigenvalue weighted by molar-refractivity contribution is 5.82. The van der Waals surface area contributed by atoms with Crippen molar-refractivity contribution in [3.63, 3.8) is 0 Å². The van der Waals surface area contributed by atoms with E-state index in [0.29, 0.717) is 0 Å². The number of hydrogen-bond donors (Lipinski definition) is 1. The lowest BCUT2D eigenvalue weighted by Gasteiger charge is -2.17. The predicted octanol–water partition coefficient (Wildman–Crippen LogP) is 5.12. The average molecular weight is 302 g/mol. The summed E-state index contributed by atoms with van der Waals surface area (Å²) in [5.41, 5.74) is 12.2. The maximum atomic E-state index is 5.85. The highest BCUT2D eigenvalue weighted by Crippen LogP contribution is 2.31. The summed E-state index contributed by atoms with van der Waals surface area (Å²) in [6.07, 6.45) is 17.0. The van der Waals surface area contributed by atoms with E-state index in [9.17, 15) is 0 Å². The first-order valence-electron chi connectivity index (χ1n) is 8.10. The van der Waals surface area contributed by atoms with Gasteiger partial charge in [-0.25, -0.2) is 0 Å². The van der Waals surface area contributed by atoms with Crippen LogP contribution in [0.1, 0.15) is 31.2 Å². The molecule has 0 fully saturated rings. The summed E-state index contributed by atoms with van der Waals surface area (Å²) in [6, 6.07) is 7.79. The molecule has 0 amide bonds. The minimum Gasteiger partial charge on any atom is -0.399 e. The first-order valence-corrected chi connectivity index (χ1v) is 8.10. The lowest BCUT2D eigenvalue weighted by Crippen LogP contribution is -2.00. The van der Waals surface area contributed by atoms with Crippen molar-refractivity contribution in [3.8, 4) is 0 Å². The van der Waals surface area contributed by atoms with Gasteiger partial charge in [0.05, 0.1) is 5.70 Å². The third-order valence-electron chi connectivity index (χ3n) is 4.08. The summed E-state index contributed by atoms with van der Waals surface area (Å²) >= 11 is 0. The summed E-state index contributed by atoms with van der Waals surface area (Å²) in [7, 11) is 0. The molecule has 1 aromatic carbocycles. The molecule has 0 heterocycles. The van der Waals surface area contributed by atoms with Crippen LogP contribution in [-0.2, 0) is 0 Å². The van der Waals surface area contributed by atoms with Gasteiger partial charge in [-0.2, -0.15) is 0 Å². The SMILES string of the molecule is C=C1C=CCC/C1=C(/N=Cc1cccc(N)c1)C1=CCCC=C1. The molecule has 2 aliphatic carbocycles. The van der Waals surface area contributed by atoms with Gasteiger partial charge in [-0.05, 0) is 60.1 Å². The number of allylic oxidation sites excluding steroid dienone is 7. The normalized spacial score (nSPS) is 20.0. The van der Waals surface area contributed by atoms with Gasteiger partial charge in [0, 0.05) is 11.9 Å². The Bertz CT molecular complexity index is 758. The molecule has 116 valence electrons. The maximum absolute atomic E-state index is 5.85. The number of nitrogen functional groups attached to an aromatic ring is 1. The molecule has 23 heavy (non-hydrogen) atoms. The molecular weight excluding hydrogens is 280 g/mol. The second-order valence-corrected chi connectivity index (χ2v) is 5.86. The molecule has 0 radical (unpaired) electrons. The van der Waals surface area contributed by atoms with E-state index < -0.39 is 0 Å². The summed E-state index contributed by atoms with van der Waals surface area (Å²) in [6.45, 7) is 4.19. The smallest absolute Gasteiger partial charge is 0.0736 e. The molecule has 1 aromatic rings. The molecule has 0 saturated carbocycles. The van der Waals surface area contributed by atoms with Crippen molar-refractivity contribution >= 4 is 11.9 Å². The highest BCUT2D eigenvalue weighted by atomic mass is 14.7. The molecule has 0 unspecified atom stereocenters. The number of rotatable bonds is 3. The third-order valence-corrected chi connectivity index (χ3v) is 4.08. The topological polar surface area (TPSA) is 38.4 Å². The van der Waals surface area contributed by atoms with Crippen LogP contribution in [0.25, 0.3) is 0 Å². The van der Waals surface area contributed by atoms with Crippen LogP contribution in [0.2, 0.25) is 0 Å². The third kappa shape index (κ3) is 3.78. The van der Waals surface area contributed by atoms with Gasteiger partial charge in [0.15, 0.2) is 0 Å². The molecule has 2 heteroatoms. The van der Waals surface area contributed by atoms with E-state index in [1.807, 2.05) is 30.5 Å². The first kappa shape index (κ1) is 15.3. The average Bonchev–Trinajstić information content (AvgIpc) is 2.58. The van der Waals surface area contributed by atoms with E-state index in [1.165, 1.54) is 11.1 Å². The standard InChI is InChI=1S/C21H22N2/c1-16-8-5-6-13-20(16)21(18-10-3-2-4-11-18)23-15-17-9-7-12-19(22)14-17/h3,5,7-12,14-15H,1-2,4,6,13,22H2/b21-20-,23-15?. The molecule has 0 aromatic heterocycles. The van der Waals surface area contributed by atoms with Crippen molar-refractivity contribution in [2.75, 3.05) is 5.73 Å². The summed E-state index contributed by atoms with van der Waals surface area (Å²) in [5, 5.41) is 0. The molecule has 3 rings (SSSR count). The minimum atomic E-state index is 0.755. The summed E-state index contributed by atoms with van der Waals surface area (Å²) < 4.78 is 0. The van der Waals surface area contributed by atoms with E-state index in [1.54, 1.807) is 0 Å². The van der Waals surface area contributed by atoms with E-state index in [0.717, 1.165) is 48.2 Å². The first-order chi connectivity index (χ1) is 11.2. The molecule has 0 atom stereocenters. The maximum Gasteiger partial charge on any atom is 0.0736 e. The number of anilines is 1. The molecule has 0 aliphatic heterocycles. The van der Waals surface area contributed by atoms with Crippen LogP contribution in [-0.4, -0.2) is 6.21 Å². The zero-order chi connectivity index (χ0) is 16.1. The fourth-order valence-electron chi connectivity index (χ4n) is 2.88. The van der Waals surface area contributed by atoms with Crippen LogP contribution < -0.4 is 5.73 Å².